The van der Waals surface area contributed by atoms with Crippen LogP contribution in [0.25, 0.3) is 5.57 Å². The van der Waals surface area contributed by atoms with Gasteiger partial charge in [-0.25, -0.2) is 4.99 Å². The maximum atomic E-state index is 6.16. The zero-order valence-corrected chi connectivity index (χ0v) is 17.4. The lowest BCUT2D eigenvalue weighted by Crippen LogP contribution is -2.63. The van der Waals surface area contributed by atoms with Crippen molar-refractivity contribution in [2.45, 2.75) is 25.8 Å². The molecule has 4 aliphatic rings. The number of nitrogens with zero attached hydrogens (tertiary/aromatic N) is 1. The number of allylic oxidation sites excluding steroid dienone is 6. The van der Waals surface area contributed by atoms with Crippen LogP contribution in [-0.2, 0) is 15.0 Å². The smallest absolute Gasteiger partial charge is 0.283 e. The van der Waals surface area contributed by atoms with Crippen LogP contribution in [0.2, 0.25) is 0 Å². The Labute approximate surface area is 177 Å². The molecule has 1 aromatic carbocycles. The summed E-state index contributed by atoms with van der Waals surface area (Å²) in [5.41, 5.74) is 9.49. The Hall–Kier alpha value is -2.97. The van der Waals surface area contributed by atoms with Crippen molar-refractivity contribution in [3.05, 3.63) is 59.2 Å². The van der Waals surface area contributed by atoms with Crippen LogP contribution in [-0.4, -0.2) is 32.4 Å². The van der Waals surface area contributed by atoms with Crippen LogP contribution in [0.4, 0.5) is 0 Å². The number of aliphatic imine (C=N–C) groups is 1. The molecule has 1 saturated heterocycles. The molecule has 5 heteroatoms. The molecule has 1 aromatic rings. The molecule has 5 nitrogen and oxygen atoms in total. The van der Waals surface area contributed by atoms with Crippen LogP contribution in [0.15, 0.2) is 53.1 Å². The molecule has 2 unspecified atom stereocenters. The summed E-state index contributed by atoms with van der Waals surface area (Å²) in [5, 5.41) is 0. The highest BCUT2D eigenvalue weighted by molar-refractivity contribution is 5.79. The molecule has 154 valence electrons. The Balaban J connectivity index is 1.65. The van der Waals surface area contributed by atoms with E-state index in [9.17, 15) is 0 Å². The second kappa shape index (κ2) is 7.07. The average molecular weight is 402 g/mol. The normalized spacial score (nSPS) is 28.5. The molecule has 30 heavy (non-hydrogen) atoms. The highest BCUT2D eigenvalue weighted by Gasteiger charge is 2.63. The highest BCUT2D eigenvalue weighted by atomic mass is 16.5. The third-order valence-electron chi connectivity index (χ3n) is 6.48. The molecular weight excluding hydrogens is 376 g/mol. The molecule has 1 fully saturated rings. The first-order valence-electron chi connectivity index (χ1n) is 10.4. The van der Waals surface area contributed by atoms with Crippen molar-refractivity contribution >= 4 is 11.6 Å². The van der Waals surface area contributed by atoms with Crippen molar-refractivity contribution in [2.75, 3.05) is 26.4 Å². The number of amidine groups is 1. The maximum absolute atomic E-state index is 6.16. The topological polar surface area (TPSA) is 66.1 Å². The number of benzene rings is 1. The monoisotopic (exact) mass is 402 g/mol. The Bertz CT molecular complexity index is 1070. The summed E-state index contributed by atoms with van der Waals surface area (Å²) in [6, 6.07) is 6.59. The fourth-order valence-corrected chi connectivity index (χ4v) is 4.74. The van der Waals surface area contributed by atoms with Gasteiger partial charge in [0.05, 0.1) is 18.6 Å². The molecule has 2 atom stereocenters. The summed E-state index contributed by atoms with van der Waals surface area (Å²) >= 11 is 0. The van der Waals surface area contributed by atoms with Crippen LogP contribution < -0.4 is 10.5 Å². The van der Waals surface area contributed by atoms with E-state index in [2.05, 4.69) is 55.2 Å². The number of ether oxygens (including phenoxy) is 3. The van der Waals surface area contributed by atoms with Gasteiger partial charge in [0.25, 0.3) is 6.02 Å². The van der Waals surface area contributed by atoms with Crippen molar-refractivity contribution in [2.24, 2.45) is 22.1 Å². The van der Waals surface area contributed by atoms with Gasteiger partial charge in [0, 0.05) is 11.1 Å². The summed E-state index contributed by atoms with van der Waals surface area (Å²) in [6.07, 6.45) is 9.76. The third kappa shape index (κ3) is 2.86. The molecule has 3 aliphatic heterocycles. The summed E-state index contributed by atoms with van der Waals surface area (Å²) < 4.78 is 17.4. The zero-order chi connectivity index (χ0) is 20.8. The van der Waals surface area contributed by atoms with Gasteiger partial charge in [-0.05, 0) is 48.6 Å². The van der Waals surface area contributed by atoms with Gasteiger partial charge in [-0.3, -0.25) is 0 Å². The van der Waals surface area contributed by atoms with Gasteiger partial charge in [-0.2, -0.15) is 0 Å². The fourth-order valence-electron chi connectivity index (χ4n) is 4.74. The molecule has 0 amide bonds. The first kappa shape index (κ1) is 19.0. The van der Waals surface area contributed by atoms with E-state index in [4.69, 9.17) is 24.9 Å². The van der Waals surface area contributed by atoms with Gasteiger partial charge in [0.1, 0.15) is 24.5 Å². The summed E-state index contributed by atoms with van der Waals surface area (Å²) in [7, 11) is 0. The van der Waals surface area contributed by atoms with Gasteiger partial charge < -0.3 is 19.9 Å². The first-order chi connectivity index (χ1) is 14.6. The van der Waals surface area contributed by atoms with Crippen LogP contribution in [0.3, 0.4) is 0 Å². The number of nitrogens with two attached hydrogens (primary N) is 1. The lowest BCUT2D eigenvalue weighted by atomic mass is 9.64. The fraction of sp³-hybridized carbons (Fsp3) is 0.400. The second-order valence-electron chi connectivity index (χ2n) is 8.58. The Morgan fingerprint density at radius 3 is 2.73 bits per heavy atom. The Morgan fingerprint density at radius 1 is 1.17 bits per heavy atom. The van der Waals surface area contributed by atoms with E-state index in [1.54, 1.807) is 0 Å². The molecule has 0 bridgehead atoms. The largest absolute Gasteiger partial charge is 0.492 e. The van der Waals surface area contributed by atoms with Crippen LogP contribution in [0.1, 0.15) is 31.4 Å². The standard InChI is InChI=1S/C25H26N2O3/c1-3-5-18-7-4-6-17(2)10-20(11-18)19-8-9-22-21(12-19)25(16-30-23(26)27-25)24(15-29-22)13-28-14-24/h4,7-12,17H,6,13-16H2,1-2H3,(H2,26,27). The minimum absolute atomic E-state index is 0.236. The Morgan fingerprint density at radius 2 is 2.03 bits per heavy atom. The number of rotatable bonds is 1. The van der Waals surface area contributed by atoms with Crippen molar-refractivity contribution < 1.29 is 14.2 Å². The maximum Gasteiger partial charge on any atom is 0.283 e. The predicted molar refractivity (Wildman–Crippen MR) is 117 cm³/mol. The SMILES string of the molecule is CC#CC1=CC(c2ccc3c(c2)C2(COC(N)=N2)C2(COC2)CO3)=CC(C)CC=C1. The van der Waals surface area contributed by atoms with Gasteiger partial charge in [-0.1, -0.05) is 37.1 Å². The Kier molecular flexibility index (Phi) is 4.48. The van der Waals surface area contributed by atoms with Gasteiger partial charge >= 0.3 is 0 Å². The molecule has 0 radical (unpaired) electrons. The molecule has 2 N–H and O–H groups in total. The molecule has 1 aliphatic carbocycles. The molecular formula is C25H26N2O3. The lowest BCUT2D eigenvalue weighted by molar-refractivity contribution is -0.185. The minimum atomic E-state index is -0.567. The van der Waals surface area contributed by atoms with Crippen molar-refractivity contribution in [3.63, 3.8) is 0 Å². The van der Waals surface area contributed by atoms with Crippen LogP contribution in [0.5, 0.6) is 5.75 Å². The predicted octanol–water partition coefficient (Wildman–Crippen LogP) is 3.56. The van der Waals surface area contributed by atoms with E-state index in [-0.39, 0.29) is 11.4 Å². The van der Waals surface area contributed by atoms with E-state index in [0.717, 1.165) is 34.4 Å². The van der Waals surface area contributed by atoms with Crippen molar-refractivity contribution in [3.8, 4) is 17.6 Å². The third-order valence-corrected chi connectivity index (χ3v) is 6.48. The van der Waals surface area contributed by atoms with Crippen LogP contribution in [0, 0.1) is 23.2 Å². The van der Waals surface area contributed by atoms with E-state index in [0.29, 0.717) is 32.3 Å². The number of fused-ring (bicyclic) bond motifs is 3. The van der Waals surface area contributed by atoms with Crippen molar-refractivity contribution in [1.29, 1.82) is 0 Å². The molecule has 0 aromatic heterocycles. The first-order valence-corrected chi connectivity index (χ1v) is 10.4. The van der Waals surface area contributed by atoms with E-state index in [1.165, 1.54) is 0 Å². The van der Waals surface area contributed by atoms with Crippen molar-refractivity contribution in [1.82, 2.24) is 0 Å². The minimum Gasteiger partial charge on any atom is -0.492 e. The zero-order valence-electron chi connectivity index (χ0n) is 17.4. The van der Waals surface area contributed by atoms with E-state index in [1.807, 2.05) is 13.0 Å². The number of hydrogen-bond acceptors (Lipinski definition) is 5. The van der Waals surface area contributed by atoms with E-state index < -0.39 is 5.54 Å². The van der Waals surface area contributed by atoms with Gasteiger partial charge in [0.2, 0.25) is 0 Å². The van der Waals surface area contributed by atoms with Gasteiger partial charge in [-0.15, -0.1) is 5.92 Å². The second-order valence-corrected chi connectivity index (χ2v) is 8.58. The summed E-state index contributed by atoms with van der Waals surface area (Å²) in [4.78, 5) is 4.82. The van der Waals surface area contributed by atoms with E-state index >= 15 is 0 Å². The number of hydrogen-bond donors (Lipinski definition) is 1. The molecule has 2 spiro atoms. The quantitative estimate of drug-likeness (QED) is 0.730. The lowest BCUT2D eigenvalue weighted by Gasteiger charge is -2.53. The summed E-state index contributed by atoms with van der Waals surface area (Å²) in [6.45, 7) is 6.26. The highest BCUT2D eigenvalue weighted by Crippen LogP contribution is 2.56. The van der Waals surface area contributed by atoms with Gasteiger partial charge in [0.15, 0.2) is 0 Å². The molecule has 5 rings (SSSR count). The molecule has 3 heterocycles. The summed E-state index contributed by atoms with van der Waals surface area (Å²) in [5.74, 6) is 7.48. The van der Waals surface area contributed by atoms with Crippen LogP contribution >= 0.6 is 0 Å². The average Bonchev–Trinajstić information content (AvgIpc) is 3.07. The molecule has 0 saturated carbocycles.